The lowest BCUT2D eigenvalue weighted by molar-refractivity contribution is 1.50. The van der Waals surface area contributed by atoms with E-state index in [0.29, 0.717) is 0 Å². The lowest BCUT2D eigenvalue weighted by Crippen LogP contribution is -1.96. The third kappa shape index (κ3) is 1.93. The van der Waals surface area contributed by atoms with Crippen molar-refractivity contribution in [3.8, 4) is 0 Å². The summed E-state index contributed by atoms with van der Waals surface area (Å²) in [4.78, 5) is 0. The van der Waals surface area contributed by atoms with Crippen molar-refractivity contribution in [2.24, 2.45) is 0 Å². The first kappa shape index (κ1) is 10.3. The smallest absolute Gasteiger partial charge is 0.0591 e. The molecule has 0 aliphatic rings. The molecule has 0 spiro atoms. The van der Waals surface area contributed by atoms with Gasteiger partial charge in [-0.2, -0.15) is 0 Å². The summed E-state index contributed by atoms with van der Waals surface area (Å²) in [6.45, 7) is 5.88. The highest BCUT2D eigenvalue weighted by Crippen LogP contribution is 2.28. The average Bonchev–Trinajstić information content (AvgIpc) is 2.00. The molecule has 0 unspecified atom stereocenters. The number of hydrogen-bond acceptors (Lipinski definition) is 1. The first-order chi connectivity index (χ1) is 5.54. The van der Waals surface area contributed by atoms with E-state index in [9.17, 15) is 0 Å². The highest BCUT2D eigenvalue weighted by atomic mass is 127. The summed E-state index contributed by atoms with van der Waals surface area (Å²) < 4.78 is 2.20. The average molecular weight is 385 g/mol. The number of benzene rings is 1. The van der Waals surface area contributed by atoms with Gasteiger partial charge in [-0.1, -0.05) is 12.6 Å². The molecule has 1 aromatic rings. The van der Waals surface area contributed by atoms with E-state index >= 15 is 0 Å². The highest BCUT2D eigenvalue weighted by molar-refractivity contribution is 14.1. The van der Waals surface area contributed by atoms with Crippen LogP contribution in [0.25, 0.3) is 5.57 Å². The Labute approximate surface area is 99.7 Å². The van der Waals surface area contributed by atoms with Crippen LogP contribution in [0.1, 0.15) is 12.5 Å². The topological polar surface area (TPSA) is 26.0 Å². The maximum Gasteiger partial charge on any atom is 0.0591 e. The molecule has 0 saturated heterocycles. The summed E-state index contributed by atoms with van der Waals surface area (Å²) in [6, 6.07) is 4.07. The quantitative estimate of drug-likeness (QED) is 0.582. The van der Waals surface area contributed by atoms with Crippen LogP contribution in [0.2, 0.25) is 0 Å². The molecule has 2 N–H and O–H groups in total. The molecule has 12 heavy (non-hydrogen) atoms. The molecule has 3 heteroatoms. The lowest BCUT2D eigenvalue weighted by atomic mass is 10.1. The van der Waals surface area contributed by atoms with Crippen LogP contribution < -0.4 is 5.73 Å². The van der Waals surface area contributed by atoms with Crippen molar-refractivity contribution in [2.75, 3.05) is 5.73 Å². The molecule has 0 aliphatic carbocycles. The number of allylic oxidation sites excluding steroid dienone is 1. The Balaban J connectivity index is 3.36. The van der Waals surface area contributed by atoms with Crippen molar-refractivity contribution < 1.29 is 0 Å². The summed E-state index contributed by atoms with van der Waals surface area (Å²) in [5, 5.41) is 0. The van der Waals surface area contributed by atoms with Crippen molar-refractivity contribution in [3.05, 3.63) is 31.4 Å². The molecule has 1 aromatic carbocycles. The highest BCUT2D eigenvalue weighted by Gasteiger charge is 2.06. The molecule has 64 valence electrons. The summed E-state index contributed by atoms with van der Waals surface area (Å²) in [6.07, 6.45) is 0. The van der Waals surface area contributed by atoms with E-state index in [1.807, 2.05) is 13.0 Å². The van der Waals surface area contributed by atoms with E-state index in [1.165, 1.54) is 0 Å². The summed E-state index contributed by atoms with van der Waals surface area (Å²) in [5.74, 6) is 0. The second-order valence-electron chi connectivity index (χ2n) is 2.60. The van der Waals surface area contributed by atoms with E-state index in [2.05, 4.69) is 57.8 Å². The second-order valence-corrected chi connectivity index (χ2v) is 4.84. The maximum absolute atomic E-state index is 5.86. The van der Waals surface area contributed by atoms with Crippen molar-refractivity contribution in [2.45, 2.75) is 6.92 Å². The van der Waals surface area contributed by atoms with Crippen LogP contribution in [-0.4, -0.2) is 0 Å². The van der Waals surface area contributed by atoms with Crippen LogP contribution >= 0.6 is 45.2 Å². The van der Waals surface area contributed by atoms with Gasteiger partial charge in [-0.3, -0.25) is 0 Å². The molecule has 0 radical (unpaired) electrons. The molecule has 0 amide bonds. The van der Waals surface area contributed by atoms with Crippen LogP contribution in [0.5, 0.6) is 0 Å². The number of anilines is 1. The monoisotopic (exact) mass is 385 g/mol. The minimum atomic E-state index is 0.858. The standard InChI is InChI=1S/C9H9I2N/c1-5(2)6-3-4-7(10)9(12)8(6)11/h3-4H,1,12H2,2H3. The zero-order chi connectivity index (χ0) is 9.30. The molecule has 0 heterocycles. The molecule has 0 bridgehead atoms. The molecule has 1 nitrogen and oxygen atoms in total. The fourth-order valence-corrected chi connectivity index (χ4v) is 2.80. The van der Waals surface area contributed by atoms with Crippen molar-refractivity contribution in [1.82, 2.24) is 0 Å². The van der Waals surface area contributed by atoms with Crippen molar-refractivity contribution >= 4 is 56.4 Å². The van der Waals surface area contributed by atoms with E-state index in [-0.39, 0.29) is 0 Å². The van der Waals surface area contributed by atoms with Gasteiger partial charge >= 0.3 is 0 Å². The fraction of sp³-hybridized carbons (Fsp3) is 0.111. The van der Waals surface area contributed by atoms with E-state index in [0.717, 1.165) is 24.0 Å². The van der Waals surface area contributed by atoms with Gasteiger partial charge in [0.15, 0.2) is 0 Å². The molecule has 0 aliphatic heterocycles. The summed E-state index contributed by atoms with van der Waals surface area (Å²) in [5.41, 5.74) is 8.93. The molecule has 1 rings (SSSR count). The SMILES string of the molecule is C=C(C)c1ccc(I)c(N)c1I. The number of rotatable bonds is 1. The predicted molar refractivity (Wildman–Crippen MR) is 71.0 cm³/mol. The predicted octanol–water partition coefficient (Wildman–Crippen LogP) is 3.51. The Kier molecular flexibility index (Phi) is 3.39. The number of nitrogens with two attached hydrogens (primary N) is 1. The van der Waals surface area contributed by atoms with Gasteiger partial charge in [0.2, 0.25) is 0 Å². The Morgan fingerprint density at radius 2 is 2.00 bits per heavy atom. The lowest BCUT2D eigenvalue weighted by Gasteiger charge is -2.07. The van der Waals surface area contributed by atoms with Crippen LogP contribution in [0, 0.1) is 7.14 Å². The maximum atomic E-state index is 5.86. The minimum absolute atomic E-state index is 0.858. The summed E-state index contributed by atoms with van der Waals surface area (Å²) in [7, 11) is 0. The fourth-order valence-electron chi connectivity index (χ4n) is 0.899. The van der Waals surface area contributed by atoms with Gasteiger partial charge in [0.05, 0.1) is 5.69 Å². The van der Waals surface area contributed by atoms with E-state index in [1.54, 1.807) is 0 Å². The number of hydrogen-bond donors (Lipinski definition) is 1. The van der Waals surface area contributed by atoms with Crippen LogP contribution in [-0.2, 0) is 0 Å². The number of nitrogen functional groups attached to an aromatic ring is 1. The van der Waals surface area contributed by atoms with Crippen LogP contribution in [0.3, 0.4) is 0 Å². The third-order valence-electron chi connectivity index (χ3n) is 1.59. The molecule has 0 saturated carbocycles. The van der Waals surface area contributed by atoms with Gasteiger partial charge in [-0.15, -0.1) is 0 Å². The van der Waals surface area contributed by atoms with Crippen molar-refractivity contribution in [3.63, 3.8) is 0 Å². The van der Waals surface area contributed by atoms with Crippen LogP contribution in [0.15, 0.2) is 18.7 Å². The van der Waals surface area contributed by atoms with Crippen molar-refractivity contribution in [1.29, 1.82) is 0 Å². The molecule has 0 aromatic heterocycles. The zero-order valence-corrected chi connectivity index (χ0v) is 11.0. The molecular formula is C9H9I2N. The van der Waals surface area contributed by atoms with E-state index in [4.69, 9.17) is 5.73 Å². The Morgan fingerprint density at radius 1 is 1.42 bits per heavy atom. The summed E-state index contributed by atoms with van der Waals surface area (Å²) >= 11 is 4.49. The first-order valence-corrected chi connectivity index (χ1v) is 5.59. The van der Waals surface area contributed by atoms with Gasteiger partial charge < -0.3 is 5.73 Å². The van der Waals surface area contributed by atoms with Gasteiger partial charge in [0.25, 0.3) is 0 Å². The minimum Gasteiger partial charge on any atom is -0.397 e. The Hall–Kier alpha value is 0.220. The van der Waals surface area contributed by atoms with Gasteiger partial charge in [0, 0.05) is 7.14 Å². The molecule has 0 atom stereocenters. The van der Waals surface area contributed by atoms with Gasteiger partial charge in [-0.25, -0.2) is 0 Å². The number of halogens is 2. The first-order valence-electron chi connectivity index (χ1n) is 3.43. The molecular weight excluding hydrogens is 376 g/mol. The zero-order valence-electron chi connectivity index (χ0n) is 6.70. The van der Waals surface area contributed by atoms with Crippen LogP contribution in [0.4, 0.5) is 5.69 Å². The normalized spacial score (nSPS) is 9.92. The third-order valence-corrected chi connectivity index (χ3v) is 3.69. The second kappa shape index (κ2) is 3.95. The van der Waals surface area contributed by atoms with Gasteiger partial charge in [-0.05, 0) is 69.3 Å². The largest absolute Gasteiger partial charge is 0.397 e. The Bertz CT molecular complexity index is 332. The van der Waals surface area contributed by atoms with E-state index < -0.39 is 0 Å². The van der Waals surface area contributed by atoms with Gasteiger partial charge in [0.1, 0.15) is 0 Å². The molecule has 0 fully saturated rings. The Morgan fingerprint density at radius 3 is 2.50 bits per heavy atom.